The van der Waals surface area contributed by atoms with Crippen molar-refractivity contribution in [2.75, 3.05) is 17.1 Å². The highest BCUT2D eigenvalue weighted by Crippen LogP contribution is 2.23. The molecule has 2 aromatic rings. The molecule has 1 aromatic heterocycles. The summed E-state index contributed by atoms with van der Waals surface area (Å²) in [6.45, 7) is 2.35. The van der Waals surface area contributed by atoms with Crippen LogP contribution in [0.2, 0.25) is 0 Å². The number of nitrogen functional groups attached to an aromatic ring is 1. The van der Waals surface area contributed by atoms with Gasteiger partial charge in [0.1, 0.15) is 5.75 Å². The molecule has 0 bridgehead atoms. The highest BCUT2D eigenvalue weighted by atomic mass is 32.2. The molecule has 0 saturated heterocycles. The molecule has 2 rings (SSSR count). The van der Waals surface area contributed by atoms with E-state index in [1.807, 2.05) is 6.92 Å². The van der Waals surface area contributed by atoms with Crippen LogP contribution in [-0.4, -0.2) is 25.2 Å². The van der Waals surface area contributed by atoms with E-state index in [1.165, 1.54) is 0 Å². The van der Waals surface area contributed by atoms with Gasteiger partial charge < -0.3 is 10.5 Å². The van der Waals surface area contributed by atoms with E-state index < -0.39 is 10.0 Å². The fraction of sp³-hybridized carbons (Fsp3) is 0.200. The van der Waals surface area contributed by atoms with Crippen molar-refractivity contribution >= 4 is 32.2 Å². The van der Waals surface area contributed by atoms with Gasteiger partial charge in [-0.05, 0) is 19.1 Å². The van der Waals surface area contributed by atoms with Gasteiger partial charge in [0.15, 0.2) is 0 Å². The zero-order valence-corrected chi connectivity index (χ0v) is 11.7. The first kappa shape index (κ1) is 13.6. The van der Waals surface area contributed by atoms with Gasteiger partial charge in [0.2, 0.25) is 5.13 Å². The lowest BCUT2D eigenvalue weighted by Gasteiger charge is -2.07. The number of benzene rings is 1. The maximum atomic E-state index is 12.0. The number of sulfonamides is 1. The molecule has 19 heavy (non-hydrogen) atoms. The van der Waals surface area contributed by atoms with Crippen molar-refractivity contribution in [3.8, 4) is 5.75 Å². The molecule has 0 amide bonds. The van der Waals surface area contributed by atoms with Crippen LogP contribution in [0, 0.1) is 0 Å². The topological polar surface area (TPSA) is 107 Å². The number of nitrogens with two attached hydrogens (primary N) is 1. The van der Waals surface area contributed by atoms with Crippen LogP contribution in [0.3, 0.4) is 0 Å². The van der Waals surface area contributed by atoms with Crippen molar-refractivity contribution in [1.82, 2.24) is 10.2 Å². The Balaban J connectivity index is 2.23. The smallest absolute Gasteiger partial charge is 0.291 e. The van der Waals surface area contributed by atoms with Gasteiger partial charge in [-0.15, -0.1) is 10.2 Å². The monoisotopic (exact) mass is 300 g/mol. The fourth-order valence-corrected chi connectivity index (χ4v) is 3.18. The van der Waals surface area contributed by atoms with Crippen LogP contribution in [0.4, 0.5) is 10.8 Å². The lowest BCUT2D eigenvalue weighted by Crippen LogP contribution is -2.12. The Morgan fingerprint density at radius 3 is 2.84 bits per heavy atom. The quantitative estimate of drug-likeness (QED) is 0.862. The Hall–Kier alpha value is -1.87. The number of ether oxygens (including phenoxy) is 1. The van der Waals surface area contributed by atoms with Crippen molar-refractivity contribution < 1.29 is 13.2 Å². The molecule has 1 aromatic carbocycles. The second-order valence-electron chi connectivity index (χ2n) is 3.47. The molecular weight excluding hydrogens is 288 g/mol. The average molecular weight is 300 g/mol. The fourth-order valence-electron chi connectivity index (χ4n) is 1.34. The molecule has 0 radical (unpaired) electrons. The highest BCUT2D eigenvalue weighted by molar-refractivity contribution is 7.94. The van der Waals surface area contributed by atoms with Crippen LogP contribution < -0.4 is 15.2 Å². The molecule has 0 aliphatic heterocycles. The maximum Gasteiger partial charge on any atom is 0.291 e. The number of rotatable bonds is 5. The molecule has 0 atom stereocenters. The van der Waals surface area contributed by atoms with Crippen LogP contribution in [-0.2, 0) is 10.0 Å². The number of aromatic nitrogens is 2. The first-order valence-corrected chi connectivity index (χ1v) is 7.66. The summed E-state index contributed by atoms with van der Waals surface area (Å²) in [6, 6.07) is 6.64. The third-order valence-corrected chi connectivity index (χ3v) is 4.55. The molecule has 0 aliphatic rings. The third kappa shape index (κ3) is 3.32. The van der Waals surface area contributed by atoms with Crippen molar-refractivity contribution in [1.29, 1.82) is 0 Å². The second kappa shape index (κ2) is 5.41. The Morgan fingerprint density at radius 1 is 1.42 bits per heavy atom. The Morgan fingerprint density at radius 2 is 2.21 bits per heavy atom. The Kier molecular flexibility index (Phi) is 3.86. The summed E-state index contributed by atoms with van der Waals surface area (Å²) < 4.78 is 31.5. The van der Waals surface area contributed by atoms with E-state index in [4.69, 9.17) is 10.5 Å². The number of hydrogen-bond donors (Lipinski definition) is 2. The molecule has 3 N–H and O–H groups in total. The van der Waals surface area contributed by atoms with Crippen molar-refractivity contribution in [3.05, 3.63) is 24.3 Å². The Bertz CT molecular complexity index is 669. The van der Waals surface area contributed by atoms with Crippen molar-refractivity contribution in [3.63, 3.8) is 0 Å². The van der Waals surface area contributed by atoms with Crippen LogP contribution in [0.15, 0.2) is 28.6 Å². The number of nitrogens with one attached hydrogen (secondary N) is 1. The predicted octanol–water partition coefficient (Wildman–Crippen LogP) is 1.32. The SMILES string of the molecule is CCOc1cccc(NS(=O)(=O)c2nnc(N)s2)c1. The molecule has 1 heterocycles. The molecule has 7 nitrogen and oxygen atoms in total. The zero-order valence-electron chi connectivity index (χ0n) is 10.0. The summed E-state index contributed by atoms with van der Waals surface area (Å²) in [5, 5.41) is 7.08. The summed E-state index contributed by atoms with van der Waals surface area (Å²) >= 11 is 0.802. The number of hydrogen-bond acceptors (Lipinski definition) is 7. The van der Waals surface area contributed by atoms with Crippen LogP contribution >= 0.6 is 11.3 Å². The minimum Gasteiger partial charge on any atom is -0.494 e. The molecule has 0 aliphatic carbocycles. The molecule has 0 saturated carbocycles. The van der Waals surface area contributed by atoms with E-state index >= 15 is 0 Å². The summed E-state index contributed by atoms with van der Waals surface area (Å²) in [5.74, 6) is 0.583. The highest BCUT2D eigenvalue weighted by Gasteiger charge is 2.19. The van der Waals surface area contributed by atoms with E-state index in [0.29, 0.717) is 18.0 Å². The zero-order chi connectivity index (χ0) is 13.9. The minimum absolute atomic E-state index is 0.100. The Labute approximate surface area is 114 Å². The van der Waals surface area contributed by atoms with Gasteiger partial charge in [-0.3, -0.25) is 4.72 Å². The normalized spacial score (nSPS) is 11.2. The van der Waals surface area contributed by atoms with Crippen LogP contribution in [0.25, 0.3) is 0 Å². The summed E-state index contributed by atoms with van der Waals surface area (Å²) in [5.41, 5.74) is 5.75. The molecule has 0 fully saturated rings. The van der Waals surface area contributed by atoms with Gasteiger partial charge in [0.05, 0.1) is 12.3 Å². The molecule has 0 unspecified atom stereocenters. The van der Waals surface area contributed by atoms with Gasteiger partial charge in [-0.1, -0.05) is 17.4 Å². The number of nitrogens with zero attached hydrogens (tertiary/aromatic N) is 2. The second-order valence-corrected chi connectivity index (χ2v) is 6.34. The standard InChI is InChI=1S/C10H12N4O3S2/c1-2-17-8-5-3-4-7(6-8)14-19(15,16)10-13-12-9(11)18-10/h3-6,14H,2H2,1H3,(H2,11,12). The minimum atomic E-state index is -3.76. The van der Waals surface area contributed by atoms with Gasteiger partial charge in [0.25, 0.3) is 14.4 Å². The first-order valence-electron chi connectivity index (χ1n) is 5.36. The van der Waals surface area contributed by atoms with Gasteiger partial charge in [0, 0.05) is 6.07 Å². The maximum absolute atomic E-state index is 12.0. The first-order chi connectivity index (χ1) is 9.01. The van der Waals surface area contributed by atoms with Gasteiger partial charge in [-0.25, -0.2) is 0 Å². The van der Waals surface area contributed by atoms with Crippen LogP contribution in [0.5, 0.6) is 5.75 Å². The average Bonchev–Trinajstić information content (AvgIpc) is 2.77. The van der Waals surface area contributed by atoms with Gasteiger partial charge in [-0.2, -0.15) is 8.42 Å². The van der Waals surface area contributed by atoms with Crippen LogP contribution in [0.1, 0.15) is 6.92 Å². The van der Waals surface area contributed by atoms with E-state index in [1.54, 1.807) is 24.3 Å². The van der Waals surface area contributed by atoms with E-state index in [2.05, 4.69) is 14.9 Å². The summed E-state index contributed by atoms with van der Waals surface area (Å²) in [7, 11) is -3.76. The molecular formula is C10H12N4O3S2. The third-order valence-electron chi connectivity index (χ3n) is 2.05. The summed E-state index contributed by atoms with van der Waals surface area (Å²) in [4.78, 5) is 0. The predicted molar refractivity (Wildman–Crippen MR) is 72.7 cm³/mol. The molecule has 102 valence electrons. The van der Waals surface area contributed by atoms with E-state index in [9.17, 15) is 8.42 Å². The summed E-state index contributed by atoms with van der Waals surface area (Å²) in [6.07, 6.45) is 0. The molecule has 0 spiro atoms. The van der Waals surface area contributed by atoms with Gasteiger partial charge >= 0.3 is 0 Å². The van der Waals surface area contributed by atoms with Crippen molar-refractivity contribution in [2.24, 2.45) is 0 Å². The lowest BCUT2D eigenvalue weighted by molar-refractivity contribution is 0.340. The van der Waals surface area contributed by atoms with E-state index in [-0.39, 0.29) is 9.47 Å². The number of anilines is 2. The molecule has 9 heteroatoms. The van der Waals surface area contributed by atoms with E-state index in [0.717, 1.165) is 11.3 Å². The lowest BCUT2D eigenvalue weighted by atomic mass is 10.3. The largest absolute Gasteiger partial charge is 0.494 e. The van der Waals surface area contributed by atoms with Crippen molar-refractivity contribution in [2.45, 2.75) is 11.3 Å².